The van der Waals surface area contributed by atoms with Crippen LogP contribution in [0.4, 0.5) is 0 Å². The van der Waals surface area contributed by atoms with E-state index in [-0.39, 0.29) is 18.1 Å². The lowest BCUT2D eigenvalue weighted by Gasteiger charge is -2.37. The van der Waals surface area contributed by atoms with Crippen LogP contribution in [-0.4, -0.2) is 55.4 Å². The monoisotopic (exact) mass is 244 g/mol. The van der Waals surface area contributed by atoms with Crippen LogP contribution in [0.5, 0.6) is 0 Å². The van der Waals surface area contributed by atoms with E-state index in [4.69, 9.17) is 15.2 Å². The van der Waals surface area contributed by atoms with Crippen LogP contribution in [-0.2, 0) is 14.3 Å². The lowest BCUT2D eigenvalue weighted by Crippen LogP contribution is -2.52. The van der Waals surface area contributed by atoms with Crippen LogP contribution in [0.3, 0.4) is 0 Å². The summed E-state index contributed by atoms with van der Waals surface area (Å²) >= 11 is 0. The van der Waals surface area contributed by atoms with E-state index in [0.717, 1.165) is 0 Å². The van der Waals surface area contributed by atoms with Gasteiger partial charge in [0.05, 0.1) is 24.2 Å². The highest BCUT2D eigenvalue weighted by Crippen LogP contribution is 2.18. The second-order valence-corrected chi connectivity index (χ2v) is 5.24. The van der Waals surface area contributed by atoms with Gasteiger partial charge < -0.3 is 20.1 Å². The number of amides is 1. The van der Waals surface area contributed by atoms with Gasteiger partial charge in [-0.2, -0.15) is 0 Å². The third-order valence-corrected chi connectivity index (χ3v) is 3.07. The van der Waals surface area contributed by atoms with Crippen molar-refractivity contribution >= 4 is 5.91 Å². The fourth-order valence-corrected chi connectivity index (χ4v) is 1.93. The Morgan fingerprint density at radius 3 is 2.71 bits per heavy atom. The number of hydrogen-bond acceptors (Lipinski definition) is 4. The Balaban J connectivity index is 2.56. The Labute approximate surface area is 103 Å². The van der Waals surface area contributed by atoms with Gasteiger partial charge in [0.25, 0.3) is 0 Å². The Kier molecular flexibility index (Phi) is 4.91. The van der Waals surface area contributed by atoms with Crippen LogP contribution in [0.1, 0.15) is 27.2 Å². The number of morpholine rings is 1. The summed E-state index contributed by atoms with van der Waals surface area (Å²) in [6, 6.07) is 0. The molecule has 0 aromatic carbocycles. The van der Waals surface area contributed by atoms with Gasteiger partial charge in [-0.05, 0) is 20.8 Å². The summed E-state index contributed by atoms with van der Waals surface area (Å²) < 4.78 is 10.9. The summed E-state index contributed by atoms with van der Waals surface area (Å²) in [5.41, 5.74) is 5.17. The average Bonchev–Trinajstić information content (AvgIpc) is 2.27. The standard InChI is InChI=1S/C12H24N2O3/c1-9-7-14(8-10(6-13)17-9)11(15)5-12(2,3)16-4/h9-10H,5-8,13H2,1-4H3. The Morgan fingerprint density at radius 2 is 2.18 bits per heavy atom. The van der Waals surface area contributed by atoms with Gasteiger partial charge in [0.2, 0.25) is 5.91 Å². The van der Waals surface area contributed by atoms with E-state index >= 15 is 0 Å². The zero-order chi connectivity index (χ0) is 13.1. The van der Waals surface area contributed by atoms with Crippen LogP contribution in [0.25, 0.3) is 0 Å². The van der Waals surface area contributed by atoms with Crippen molar-refractivity contribution in [2.45, 2.75) is 45.0 Å². The molecule has 2 unspecified atom stereocenters. The normalized spacial score (nSPS) is 26.1. The number of hydrogen-bond donors (Lipinski definition) is 1. The lowest BCUT2D eigenvalue weighted by atomic mass is 10.0. The number of ether oxygens (including phenoxy) is 2. The van der Waals surface area contributed by atoms with Gasteiger partial charge in [0.1, 0.15) is 0 Å². The van der Waals surface area contributed by atoms with Crippen LogP contribution in [0.15, 0.2) is 0 Å². The first-order chi connectivity index (χ1) is 7.88. The van der Waals surface area contributed by atoms with Crippen molar-refractivity contribution in [1.29, 1.82) is 0 Å². The Hall–Kier alpha value is -0.650. The molecule has 1 aliphatic heterocycles. The Bertz CT molecular complexity index is 268. The first kappa shape index (κ1) is 14.4. The fraction of sp³-hybridized carbons (Fsp3) is 0.917. The van der Waals surface area contributed by atoms with Gasteiger partial charge >= 0.3 is 0 Å². The molecular formula is C12H24N2O3. The minimum absolute atomic E-state index is 0.0478. The van der Waals surface area contributed by atoms with E-state index < -0.39 is 5.60 Å². The molecular weight excluding hydrogens is 220 g/mol. The van der Waals surface area contributed by atoms with E-state index in [1.165, 1.54) is 0 Å². The van der Waals surface area contributed by atoms with Crippen LogP contribution in [0, 0.1) is 0 Å². The van der Waals surface area contributed by atoms with Crippen LogP contribution < -0.4 is 5.73 Å². The summed E-state index contributed by atoms with van der Waals surface area (Å²) in [4.78, 5) is 14.0. The third-order valence-electron chi connectivity index (χ3n) is 3.07. The quantitative estimate of drug-likeness (QED) is 0.776. The van der Waals surface area contributed by atoms with E-state index in [1.54, 1.807) is 7.11 Å². The molecule has 1 rings (SSSR count). The maximum Gasteiger partial charge on any atom is 0.225 e. The minimum Gasteiger partial charge on any atom is -0.378 e. The van der Waals surface area contributed by atoms with Gasteiger partial charge in [0, 0.05) is 26.7 Å². The number of carbonyl (C=O) groups excluding carboxylic acids is 1. The number of methoxy groups -OCH3 is 1. The molecule has 0 saturated carbocycles. The predicted molar refractivity (Wildman–Crippen MR) is 65.7 cm³/mol. The van der Waals surface area contributed by atoms with Gasteiger partial charge in [-0.15, -0.1) is 0 Å². The maximum absolute atomic E-state index is 12.1. The van der Waals surface area contributed by atoms with Crippen molar-refractivity contribution in [2.75, 3.05) is 26.7 Å². The summed E-state index contributed by atoms with van der Waals surface area (Å²) in [6.45, 7) is 7.45. The molecule has 0 bridgehead atoms. The van der Waals surface area contributed by atoms with Gasteiger partial charge in [-0.1, -0.05) is 0 Å². The molecule has 2 atom stereocenters. The summed E-state index contributed by atoms with van der Waals surface area (Å²) in [7, 11) is 1.62. The third kappa shape index (κ3) is 4.26. The fourth-order valence-electron chi connectivity index (χ4n) is 1.93. The molecule has 1 amide bonds. The molecule has 0 radical (unpaired) electrons. The first-order valence-corrected chi connectivity index (χ1v) is 6.06. The highest BCUT2D eigenvalue weighted by Gasteiger charge is 2.30. The lowest BCUT2D eigenvalue weighted by molar-refractivity contribution is -0.148. The molecule has 1 fully saturated rings. The van der Waals surface area contributed by atoms with Crippen molar-refractivity contribution in [2.24, 2.45) is 5.73 Å². The highest BCUT2D eigenvalue weighted by atomic mass is 16.5. The molecule has 0 aromatic rings. The molecule has 1 saturated heterocycles. The molecule has 100 valence electrons. The van der Waals surface area contributed by atoms with E-state index in [0.29, 0.717) is 26.1 Å². The van der Waals surface area contributed by atoms with Crippen molar-refractivity contribution in [3.05, 3.63) is 0 Å². The number of rotatable bonds is 4. The summed E-state index contributed by atoms with van der Waals surface area (Å²) in [6.07, 6.45) is 0.383. The second kappa shape index (κ2) is 5.80. The van der Waals surface area contributed by atoms with E-state index in [9.17, 15) is 4.79 Å². The summed E-state index contributed by atoms with van der Waals surface area (Å²) in [5.74, 6) is 0.102. The second-order valence-electron chi connectivity index (χ2n) is 5.24. The summed E-state index contributed by atoms with van der Waals surface area (Å²) in [5, 5.41) is 0. The molecule has 5 heteroatoms. The predicted octanol–water partition coefficient (Wildman–Crippen LogP) is 0.376. The molecule has 1 heterocycles. The minimum atomic E-state index is -0.420. The smallest absolute Gasteiger partial charge is 0.225 e. The zero-order valence-corrected chi connectivity index (χ0v) is 11.2. The average molecular weight is 244 g/mol. The largest absolute Gasteiger partial charge is 0.378 e. The van der Waals surface area contributed by atoms with E-state index in [1.807, 2.05) is 25.7 Å². The topological polar surface area (TPSA) is 64.8 Å². The van der Waals surface area contributed by atoms with Gasteiger partial charge in [-0.25, -0.2) is 0 Å². The van der Waals surface area contributed by atoms with Crippen molar-refractivity contribution < 1.29 is 14.3 Å². The van der Waals surface area contributed by atoms with Gasteiger partial charge in [-0.3, -0.25) is 4.79 Å². The molecule has 1 aliphatic rings. The zero-order valence-electron chi connectivity index (χ0n) is 11.2. The number of carbonyl (C=O) groups is 1. The molecule has 0 spiro atoms. The molecule has 17 heavy (non-hydrogen) atoms. The van der Waals surface area contributed by atoms with E-state index in [2.05, 4.69) is 0 Å². The Morgan fingerprint density at radius 1 is 1.53 bits per heavy atom. The van der Waals surface area contributed by atoms with Crippen LogP contribution in [0.2, 0.25) is 0 Å². The van der Waals surface area contributed by atoms with Gasteiger partial charge in [0.15, 0.2) is 0 Å². The first-order valence-electron chi connectivity index (χ1n) is 6.06. The molecule has 0 aliphatic carbocycles. The van der Waals surface area contributed by atoms with Crippen molar-refractivity contribution in [3.8, 4) is 0 Å². The highest BCUT2D eigenvalue weighted by molar-refractivity contribution is 5.77. The SMILES string of the molecule is COC(C)(C)CC(=O)N1CC(C)OC(CN)C1. The molecule has 0 aromatic heterocycles. The number of nitrogens with two attached hydrogens (primary N) is 1. The number of nitrogens with zero attached hydrogens (tertiary/aromatic N) is 1. The van der Waals surface area contributed by atoms with Crippen molar-refractivity contribution in [3.63, 3.8) is 0 Å². The maximum atomic E-state index is 12.1. The van der Waals surface area contributed by atoms with Crippen molar-refractivity contribution in [1.82, 2.24) is 4.90 Å². The van der Waals surface area contributed by atoms with Crippen LogP contribution >= 0.6 is 0 Å². The molecule has 2 N–H and O–H groups in total. The molecule has 5 nitrogen and oxygen atoms in total.